The van der Waals surface area contributed by atoms with Gasteiger partial charge in [0.15, 0.2) is 12.1 Å². The topological polar surface area (TPSA) is 49.6 Å². The Hall–Kier alpha value is -2.14. The van der Waals surface area contributed by atoms with Crippen LogP contribution in [0.5, 0.6) is 0 Å². The molecule has 0 saturated heterocycles. The predicted octanol–water partition coefficient (Wildman–Crippen LogP) is 2.20. The van der Waals surface area contributed by atoms with E-state index in [4.69, 9.17) is 4.42 Å². The van der Waals surface area contributed by atoms with E-state index in [1.807, 2.05) is 0 Å². The van der Waals surface area contributed by atoms with Gasteiger partial charge in [-0.05, 0) is 30.7 Å². The molecule has 0 saturated carbocycles. The molecule has 21 heavy (non-hydrogen) atoms. The summed E-state index contributed by atoms with van der Waals surface area (Å²) >= 11 is 0. The number of carbonyl (C=O) groups excluding carboxylic acids is 1. The number of fused-ring (bicyclic) bond motifs is 1. The second kappa shape index (κ2) is 5.33. The Bertz CT molecular complexity index is 678. The molecule has 2 heterocycles. The van der Waals surface area contributed by atoms with Crippen LogP contribution < -0.4 is 0 Å². The minimum absolute atomic E-state index is 0.112. The van der Waals surface area contributed by atoms with Gasteiger partial charge in [-0.25, -0.2) is 4.98 Å². The molecule has 0 N–H and O–H groups in total. The van der Waals surface area contributed by atoms with Crippen LogP contribution in [0.3, 0.4) is 0 Å². The van der Waals surface area contributed by atoms with E-state index in [9.17, 15) is 4.79 Å². The van der Waals surface area contributed by atoms with E-state index in [0.717, 1.165) is 18.7 Å². The molecule has 5 nitrogen and oxygen atoms in total. The number of hydrogen-bond donors (Lipinski definition) is 0. The Morgan fingerprint density at radius 3 is 2.86 bits per heavy atom. The lowest BCUT2D eigenvalue weighted by molar-refractivity contribution is 0.0778. The first kappa shape index (κ1) is 13.8. The molecule has 1 aromatic carbocycles. The van der Waals surface area contributed by atoms with Crippen molar-refractivity contribution in [1.29, 1.82) is 0 Å². The lowest BCUT2D eigenvalue weighted by atomic mass is 10.1. The Labute approximate surface area is 124 Å². The van der Waals surface area contributed by atoms with Crippen LogP contribution in [0.4, 0.5) is 0 Å². The van der Waals surface area contributed by atoms with Crippen molar-refractivity contribution in [3.05, 3.63) is 52.7 Å². The number of aryl methyl sites for hydroxylation is 1. The van der Waals surface area contributed by atoms with Crippen molar-refractivity contribution < 1.29 is 9.21 Å². The lowest BCUT2D eigenvalue weighted by Crippen LogP contribution is -2.27. The molecule has 0 radical (unpaired) electrons. The monoisotopic (exact) mass is 285 g/mol. The highest BCUT2D eigenvalue weighted by atomic mass is 16.3. The van der Waals surface area contributed by atoms with Crippen LogP contribution in [0.15, 0.2) is 29.0 Å². The Morgan fingerprint density at radius 1 is 1.38 bits per heavy atom. The maximum atomic E-state index is 12.3. The predicted molar refractivity (Wildman–Crippen MR) is 78.7 cm³/mol. The SMILES string of the molecule is Cc1ocnc1C(=O)N(C)Cc1ccc2c(c1)CN(C)C2. The molecule has 1 amide bonds. The first-order chi connectivity index (χ1) is 10.0. The van der Waals surface area contributed by atoms with Crippen LogP contribution in [-0.2, 0) is 19.6 Å². The van der Waals surface area contributed by atoms with Crippen molar-refractivity contribution in [3.63, 3.8) is 0 Å². The van der Waals surface area contributed by atoms with E-state index in [1.54, 1.807) is 18.9 Å². The van der Waals surface area contributed by atoms with Gasteiger partial charge in [0.2, 0.25) is 0 Å². The number of hydrogen-bond acceptors (Lipinski definition) is 4. The molecule has 2 aromatic rings. The summed E-state index contributed by atoms with van der Waals surface area (Å²) in [6, 6.07) is 6.45. The Morgan fingerprint density at radius 2 is 2.14 bits per heavy atom. The smallest absolute Gasteiger partial charge is 0.276 e. The van der Waals surface area contributed by atoms with Crippen molar-refractivity contribution in [2.75, 3.05) is 14.1 Å². The van der Waals surface area contributed by atoms with Gasteiger partial charge in [-0.1, -0.05) is 18.2 Å². The summed E-state index contributed by atoms with van der Waals surface area (Å²) in [4.78, 5) is 20.2. The van der Waals surface area contributed by atoms with Crippen LogP contribution in [0.2, 0.25) is 0 Å². The molecule has 1 aliphatic rings. The second-order valence-electron chi connectivity index (χ2n) is 5.69. The molecule has 0 atom stereocenters. The summed E-state index contributed by atoms with van der Waals surface area (Å²) < 4.78 is 5.09. The highest BCUT2D eigenvalue weighted by Crippen LogP contribution is 2.23. The van der Waals surface area contributed by atoms with Gasteiger partial charge < -0.3 is 9.32 Å². The van der Waals surface area contributed by atoms with E-state index >= 15 is 0 Å². The third-order valence-corrected chi connectivity index (χ3v) is 3.86. The molecule has 1 aromatic heterocycles. The number of oxazole rings is 1. The van der Waals surface area contributed by atoms with Crippen LogP contribution in [0.25, 0.3) is 0 Å². The first-order valence-electron chi connectivity index (χ1n) is 6.99. The molecule has 5 heteroatoms. The molecule has 0 fully saturated rings. The molecule has 0 bridgehead atoms. The fourth-order valence-corrected chi connectivity index (χ4v) is 2.75. The highest BCUT2D eigenvalue weighted by Gasteiger charge is 2.19. The Balaban J connectivity index is 1.74. The van der Waals surface area contributed by atoms with Gasteiger partial charge in [-0.3, -0.25) is 9.69 Å². The largest absolute Gasteiger partial charge is 0.448 e. The zero-order valence-corrected chi connectivity index (χ0v) is 12.6. The van der Waals surface area contributed by atoms with Crippen LogP contribution >= 0.6 is 0 Å². The molecular formula is C16H19N3O2. The fraction of sp³-hybridized carbons (Fsp3) is 0.375. The minimum atomic E-state index is -0.112. The van der Waals surface area contributed by atoms with E-state index in [-0.39, 0.29) is 5.91 Å². The highest BCUT2D eigenvalue weighted by molar-refractivity contribution is 5.92. The van der Waals surface area contributed by atoms with Gasteiger partial charge in [-0.15, -0.1) is 0 Å². The van der Waals surface area contributed by atoms with Crippen LogP contribution in [-0.4, -0.2) is 34.8 Å². The van der Waals surface area contributed by atoms with Crippen LogP contribution in [0.1, 0.15) is 32.9 Å². The molecule has 0 spiro atoms. The average molecular weight is 285 g/mol. The molecule has 0 aliphatic carbocycles. The third-order valence-electron chi connectivity index (χ3n) is 3.86. The number of amides is 1. The fourth-order valence-electron chi connectivity index (χ4n) is 2.75. The quantitative estimate of drug-likeness (QED) is 0.867. The maximum Gasteiger partial charge on any atom is 0.276 e. The molecule has 1 aliphatic heterocycles. The number of aromatic nitrogens is 1. The number of rotatable bonds is 3. The maximum absolute atomic E-state index is 12.3. The van der Waals surface area contributed by atoms with Crippen molar-refractivity contribution in [2.24, 2.45) is 0 Å². The average Bonchev–Trinajstić information content (AvgIpc) is 3.02. The van der Waals surface area contributed by atoms with E-state index in [2.05, 4.69) is 35.1 Å². The third kappa shape index (κ3) is 2.69. The van der Waals surface area contributed by atoms with Gasteiger partial charge in [0, 0.05) is 26.7 Å². The van der Waals surface area contributed by atoms with Gasteiger partial charge >= 0.3 is 0 Å². The van der Waals surface area contributed by atoms with E-state index in [0.29, 0.717) is 18.0 Å². The number of nitrogens with zero attached hydrogens (tertiary/aromatic N) is 3. The summed E-state index contributed by atoms with van der Waals surface area (Å²) in [6.45, 7) is 4.30. The lowest BCUT2D eigenvalue weighted by Gasteiger charge is -2.16. The minimum Gasteiger partial charge on any atom is -0.448 e. The first-order valence-corrected chi connectivity index (χ1v) is 6.99. The number of carbonyl (C=O) groups is 1. The normalized spacial score (nSPS) is 14.2. The van der Waals surface area contributed by atoms with E-state index in [1.165, 1.54) is 17.5 Å². The summed E-state index contributed by atoms with van der Waals surface area (Å²) in [7, 11) is 3.90. The van der Waals surface area contributed by atoms with Gasteiger partial charge in [0.1, 0.15) is 5.76 Å². The Kier molecular flexibility index (Phi) is 3.51. The van der Waals surface area contributed by atoms with Crippen molar-refractivity contribution in [2.45, 2.75) is 26.6 Å². The molecule has 0 unspecified atom stereocenters. The summed E-state index contributed by atoms with van der Waals surface area (Å²) in [5.74, 6) is 0.446. The van der Waals surface area contributed by atoms with E-state index < -0.39 is 0 Å². The van der Waals surface area contributed by atoms with Crippen molar-refractivity contribution in [1.82, 2.24) is 14.8 Å². The molecular weight excluding hydrogens is 266 g/mol. The zero-order chi connectivity index (χ0) is 15.0. The molecule has 110 valence electrons. The van der Waals surface area contributed by atoms with Gasteiger partial charge in [0.25, 0.3) is 5.91 Å². The van der Waals surface area contributed by atoms with Gasteiger partial charge in [0.05, 0.1) is 0 Å². The van der Waals surface area contributed by atoms with Crippen molar-refractivity contribution >= 4 is 5.91 Å². The van der Waals surface area contributed by atoms with Crippen LogP contribution in [0, 0.1) is 6.92 Å². The summed E-state index contributed by atoms with van der Waals surface area (Å²) in [5, 5.41) is 0. The number of benzene rings is 1. The van der Waals surface area contributed by atoms with Gasteiger partial charge in [-0.2, -0.15) is 0 Å². The summed E-state index contributed by atoms with van der Waals surface area (Å²) in [6.07, 6.45) is 1.31. The second-order valence-corrected chi connectivity index (χ2v) is 5.69. The zero-order valence-electron chi connectivity index (χ0n) is 12.6. The summed E-state index contributed by atoms with van der Waals surface area (Å²) in [5.41, 5.74) is 4.26. The van der Waals surface area contributed by atoms with Crippen molar-refractivity contribution in [3.8, 4) is 0 Å². The standard InChI is InChI=1S/C16H19N3O2/c1-11-15(17-10-21-11)16(20)19(3)7-12-4-5-13-8-18(2)9-14(13)6-12/h4-6,10H,7-9H2,1-3H3. The molecule has 3 rings (SSSR count).